The summed E-state index contributed by atoms with van der Waals surface area (Å²) >= 11 is 1.76. The molecule has 0 spiro atoms. The molecule has 1 unspecified atom stereocenters. The van der Waals surface area contributed by atoms with E-state index in [-0.39, 0.29) is 11.9 Å². The number of carbonyl (C=O) groups is 1. The lowest BCUT2D eigenvalue weighted by Gasteiger charge is -2.29. The number of thiophene rings is 1. The largest absolute Gasteiger partial charge is 0.354 e. The molecule has 1 heterocycles. The summed E-state index contributed by atoms with van der Waals surface area (Å²) in [5, 5.41) is 5.22. The summed E-state index contributed by atoms with van der Waals surface area (Å²) in [7, 11) is 0. The highest BCUT2D eigenvalue weighted by Gasteiger charge is 2.19. The van der Waals surface area contributed by atoms with Crippen molar-refractivity contribution in [1.82, 2.24) is 10.2 Å². The highest BCUT2D eigenvalue weighted by atomic mass is 32.1. The van der Waals surface area contributed by atoms with Crippen LogP contribution < -0.4 is 5.32 Å². The van der Waals surface area contributed by atoms with Crippen LogP contribution in [0.5, 0.6) is 0 Å². The molecular weight excluding hydrogens is 304 g/mol. The van der Waals surface area contributed by atoms with Gasteiger partial charge in [-0.15, -0.1) is 11.3 Å². The second kappa shape index (κ2) is 9.48. The highest BCUT2D eigenvalue weighted by molar-refractivity contribution is 7.10. The fourth-order valence-electron chi connectivity index (χ4n) is 2.76. The number of rotatable bonds is 9. The molecule has 2 rings (SSSR count). The highest BCUT2D eigenvalue weighted by Crippen LogP contribution is 2.24. The number of nitrogens with one attached hydrogen (secondary N) is 1. The van der Waals surface area contributed by atoms with Gasteiger partial charge in [-0.2, -0.15) is 0 Å². The van der Waals surface area contributed by atoms with Crippen LogP contribution in [0.25, 0.3) is 0 Å². The third kappa shape index (κ3) is 5.48. The number of nitrogens with zero attached hydrogens (tertiary/aromatic N) is 1. The van der Waals surface area contributed by atoms with Gasteiger partial charge in [0.05, 0.1) is 6.04 Å². The van der Waals surface area contributed by atoms with E-state index < -0.39 is 0 Å². The second-order valence-electron chi connectivity index (χ2n) is 5.54. The maximum absolute atomic E-state index is 12.2. The van der Waals surface area contributed by atoms with E-state index >= 15 is 0 Å². The van der Waals surface area contributed by atoms with Crippen molar-refractivity contribution in [3.63, 3.8) is 0 Å². The van der Waals surface area contributed by atoms with Gasteiger partial charge in [-0.3, -0.25) is 9.69 Å². The lowest BCUT2D eigenvalue weighted by atomic mass is 10.1. The molecule has 3 nitrogen and oxygen atoms in total. The average molecular weight is 330 g/mol. The number of likely N-dealkylation sites (N-methyl/N-ethyl adjacent to an activating group) is 1. The minimum absolute atomic E-state index is 0.127. The molecule has 124 valence electrons. The SMILES string of the molecule is CCN(CC)C(CNC(=O)CCc1ccccc1)c1cccs1. The smallest absolute Gasteiger partial charge is 0.220 e. The van der Waals surface area contributed by atoms with E-state index in [0.29, 0.717) is 13.0 Å². The molecular formula is C19H26N2OS. The molecule has 1 aromatic heterocycles. The summed E-state index contributed by atoms with van der Waals surface area (Å²) in [5.41, 5.74) is 1.21. The fraction of sp³-hybridized carbons (Fsp3) is 0.421. The van der Waals surface area contributed by atoms with E-state index in [1.54, 1.807) is 11.3 Å². The van der Waals surface area contributed by atoms with Gasteiger partial charge >= 0.3 is 0 Å². The van der Waals surface area contributed by atoms with Gasteiger partial charge in [0, 0.05) is 17.8 Å². The Labute approximate surface area is 143 Å². The van der Waals surface area contributed by atoms with Crippen LogP contribution in [0.4, 0.5) is 0 Å². The summed E-state index contributed by atoms with van der Waals surface area (Å²) in [6.45, 7) is 6.98. The zero-order chi connectivity index (χ0) is 16.5. The molecule has 23 heavy (non-hydrogen) atoms. The molecule has 0 bridgehead atoms. The lowest BCUT2D eigenvalue weighted by molar-refractivity contribution is -0.121. The Morgan fingerprint density at radius 3 is 2.48 bits per heavy atom. The van der Waals surface area contributed by atoms with Gasteiger partial charge < -0.3 is 5.32 Å². The molecule has 0 aliphatic heterocycles. The third-order valence-corrected chi connectivity index (χ3v) is 5.07. The zero-order valence-electron chi connectivity index (χ0n) is 14.0. The van der Waals surface area contributed by atoms with E-state index in [9.17, 15) is 4.79 Å². The van der Waals surface area contributed by atoms with Gasteiger partial charge in [-0.25, -0.2) is 0 Å². The first-order valence-electron chi connectivity index (χ1n) is 8.32. The molecule has 2 aromatic rings. The quantitative estimate of drug-likeness (QED) is 0.757. The van der Waals surface area contributed by atoms with Crippen molar-refractivity contribution >= 4 is 17.2 Å². The molecule has 4 heteroatoms. The predicted molar refractivity (Wildman–Crippen MR) is 97.8 cm³/mol. The Kier molecular flexibility index (Phi) is 7.30. The van der Waals surface area contributed by atoms with Crippen LogP contribution in [0.3, 0.4) is 0 Å². The number of amides is 1. The Hall–Kier alpha value is -1.65. The van der Waals surface area contributed by atoms with Crippen molar-refractivity contribution in [2.45, 2.75) is 32.7 Å². The van der Waals surface area contributed by atoms with E-state index in [0.717, 1.165) is 19.5 Å². The van der Waals surface area contributed by atoms with Crippen LogP contribution in [0.1, 0.15) is 36.8 Å². The van der Waals surface area contributed by atoms with Crippen molar-refractivity contribution in [2.75, 3.05) is 19.6 Å². The van der Waals surface area contributed by atoms with Gasteiger partial charge in [0.15, 0.2) is 0 Å². The van der Waals surface area contributed by atoms with Crippen molar-refractivity contribution < 1.29 is 4.79 Å². The Morgan fingerprint density at radius 1 is 1.13 bits per heavy atom. The third-order valence-electron chi connectivity index (χ3n) is 4.10. The lowest BCUT2D eigenvalue weighted by Crippen LogP contribution is -2.37. The summed E-state index contributed by atoms with van der Waals surface area (Å²) in [5.74, 6) is 0.127. The zero-order valence-corrected chi connectivity index (χ0v) is 14.8. The molecule has 1 N–H and O–H groups in total. The first-order chi connectivity index (χ1) is 11.2. The van der Waals surface area contributed by atoms with Crippen molar-refractivity contribution in [2.24, 2.45) is 0 Å². The van der Waals surface area contributed by atoms with Gasteiger partial charge in [-0.1, -0.05) is 50.2 Å². The van der Waals surface area contributed by atoms with Crippen LogP contribution in [0.15, 0.2) is 47.8 Å². The van der Waals surface area contributed by atoms with Gasteiger partial charge in [-0.05, 0) is 36.5 Å². The van der Waals surface area contributed by atoms with Crippen molar-refractivity contribution in [1.29, 1.82) is 0 Å². The average Bonchev–Trinajstić information content (AvgIpc) is 3.12. The summed E-state index contributed by atoms with van der Waals surface area (Å²) in [6, 6.07) is 14.7. The van der Waals surface area contributed by atoms with Crippen LogP contribution in [-0.4, -0.2) is 30.4 Å². The van der Waals surface area contributed by atoms with Gasteiger partial charge in [0.1, 0.15) is 0 Å². The summed E-state index contributed by atoms with van der Waals surface area (Å²) < 4.78 is 0. The number of aryl methyl sites for hydroxylation is 1. The normalized spacial score (nSPS) is 12.3. The fourth-order valence-corrected chi connectivity index (χ4v) is 3.62. The van der Waals surface area contributed by atoms with Crippen LogP contribution in [-0.2, 0) is 11.2 Å². The predicted octanol–water partition coefficient (Wildman–Crippen LogP) is 3.88. The molecule has 1 aromatic carbocycles. The van der Waals surface area contributed by atoms with E-state index in [1.165, 1.54) is 10.4 Å². The standard InChI is InChI=1S/C19H26N2OS/c1-3-21(4-2)17(18-11-8-14-23-18)15-20-19(22)13-12-16-9-6-5-7-10-16/h5-11,14,17H,3-4,12-13,15H2,1-2H3,(H,20,22). The molecule has 0 aliphatic carbocycles. The van der Waals surface area contributed by atoms with Crippen molar-refractivity contribution in [3.05, 3.63) is 58.3 Å². The molecule has 0 aliphatic rings. The number of carbonyl (C=O) groups excluding carboxylic acids is 1. The number of benzene rings is 1. The maximum Gasteiger partial charge on any atom is 0.220 e. The summed E-state index contributed by atoms with van der Waals surface area (Å²) in [6.07, 6.45) is 1.33. The first kappa shape index (κ1) is 17.7. The Balaban J connectivity index is 1.86. The molecule has 0 saturated carbocycles. The first-order valence-corrected chi connectivity index (χ1v) is 9.20. The molecule has 0 fully saturated rings. The van der Waals surface area contributed by atoms with Crippen LogP contribution in [0, 0.1) is 0 Å². The van der Waals surface area contributed by atoms with E-state index in [2.05, 4.69) is 53.7 Å². The molecule has 0 radical (unpaired) electrons. The number of hydrogen-bond acceptors (Lipinski definition) is 3. The van der Waals surface area contributed by atoms with Gasteiger partial charge in [0.25, 0.3) is 0 Å². The monoisotopic (exact) mass is 330 g/mol. The Bertz CT molecular complexity index is 564. The van der Waals surface area contributed by atoms with E-state index in [1.807, 2.05) is 18.2 Å². The Morgan fingerprint density at radius 2 is 1.87 bits per heavy atom. The van der Waals surface area contributed by atoms with Gasteiger partial charge in [0.2, 0.25) is 5.91 Å². The molecule has 1 amide bonds. The van der Waals surface area contributed by atoms with Crippen LogP contribution in [0.2, 0.25) is 0 Å². The molecule has 1 atom stereocenters. The number of hydrogen-bond donors (Lipinski definition) is 1. The van der Waals surface area contributed by atoms with E-state index in [4.69, 9.17) is 0 Å². The van der Waals surface area contributed by atoms with Crippen molar-refractivity contribution in [3.8, 4) is 0 Å². The summed E-state index contributed by atoms with van der Waals surface area (Å²) in [4.78, 5) is 15.9. The topological polar surface area (TPSA) is 32.3 Å². The second-order valence-corrected chi connectivity index (χ2v) is 6.52. The molecule has 0 saturated heterocycles. The minimum atomic E-state index is 0.127. The maximum atomic E-state index is 12.2. The minimum Gasteiger partial charge on any atom is -0.354 e. The van der Waals surface area contributed by atoms with Crippen LogP contribution >= 0.6 is 11.3 Å².